The smallest absolute Gasteiger partial charge is 0.411 e. The number of nitrogens with zero attached hydrogens (tertiary/aromatic N) is 1. The number of rotatable bonds is 4. The van der Waals surface area contributed by atoms with Crippen LogP contribution in [0.1, 0.15) is 38.4 Å². The van der Waals surface area contributed by atoms with Crippen LogP contribution in [0.2, 0.25) is 0 Å². The van der Waals surface area contributed by atoms with Crippen molar-refractivity contribution >= 4 is 17.9 Å². The molecule has 7 nitrogen and oxygen atoms in total. The molecule has 1 aromatic rings. The molecule has 24 heavy (non-hydrogen) atoms. The number of ether oxygens (including phenoxy) is 2. The second-order valence-corrected chi connectivity index (χ2v) is 6.23. The summed E-state index contributed by atoms with van der Waals surface area (Å²) in [6.45, 7) is 4.19. The Bertz CT molecular complexity index is 655. The Morgan fingerprint density at radius 3 is 2.54 bits per heavy atom. The lowest BCUT2D eigenvalue weighted by atomic mass is 10.0. The molecule has 0 saturated carbocycles. The molecule has 7 heteroatoms. The van der Waals surface area contributed by atoms with Crippen LogP contribution < -0.4 is 10.1 Å². The summed E-state index contributed by atoms with van der Waals surface area (Å²) in [5.74, 6) is 0.00531. The van der Waals surface area contributed by atoms with Crippen molar-refractivity contribution in [1.82, 2.24) is 10.2 Å². The Labute approximate surface area is 139 Å². The van der Waals surface area contributed by atoms with Gasteiger partial charge in [0.1, 0.15) is 17.9 Å². The summed E-state index contributed by atoms with van der Waals surface area (Å²) >= 11 is 0. The molecule has 3 rings (SSSR count). The fourth-order valence-corrected chi connectivity index (χ4v) is 2.92. The third kappa shape index (κ3) is 3.34. The largest absolute Gasteiger partial charge is 0.491 e. The van der Waals surface area contributed by atoms with E-state index in [-0.39, 0.29) is 25.0 Å². The number of hydrogen-bond donors (Lipinski definition) is 1. The normalized spacial score (nSPS) is 24.1. The maximum absolute atomic E-state index is 12.1. The van der Waals surface area contributed by atoms with Crippen LogP contribution in [-0.2, 0) is 14.3 Å². The molecule has 1 N–H and O–H groups in total. The van der Waals surface area contributed by atoms with Gasteiger partial charge in [-0.25, -0.2) is 4.79 Å². The highest BCUT2D eigenvalue weighted by atomic mass is 16.6. The van der Waals surface area contributed by atoms with Gasteiger partial charge in [0.15, 0.2) is 0 Å². The van der Waals surface area contributed by atoms with Crippen LogP contribution in [0.3, 0.4) is 0 Å². The summed E-state index contributed by atoms with van der Waals surface area (Å²) in [4.78, 5) is 36.7. The highest BCUT2D eigenvalue weighted by molar-refractivity contribution is 6.01. The van der Waals surface area contributed by atoms with Crippen LogP contribution in [0.5, 0.6) is 5.75 Å². The molecule has 2 heterocycles. The van der Waals surface area contributed by atoms with E-state index in [0.29, 0.717) is 6.42 Å². The van der Waals surface area contributed by atoms with E-state index in [9.17, 15) is 14.4 Å². The predicted octanol–water partition coefficient (Wildman–Crippen LogP) is 1.77. The first-order chi connectivity index (χ1) is 11.4. The van der Waals surface area contributed by atoms with Gasteiger partial charge in [-0.15, -0.1) is 0 Å². The van der Waals surface area contributed by atoms with E-state index in [2.05, 4.69) is 5.32 Å². The van der Waals surface area contributed by atoms with Crippen molar-refractivity contribution in [2.75, 3.05) is 6.54 Å². The van der Waals surface area contributed by atoms with Crippen LogP contribution in [0, 0.1) is 0 Å². The fourth-order valence-electron chi connectivity index (χ4n) is 2.92. The van der Waals surface area contributed by atoms with Crippen molar-refractivity contribution in [3.05, 3.63) is 29.8 Å². The number of carbonyl (C=O) groups is 3. The maximum atomic E-state index is 12.1. The second-order valence-electron chi connectivity index (χ2n) is 6.23. The number of cyclic esters (lactones) is 1. The summed E-state index contributed by atoms with van der Waals surface area (Å²) in [6, 6.07) is 6.71. The van der Waals surface area contributed by atoms with Gasteiger partial charge in [0.05, 0.1) is 12.6 Å². The van der Waals surface area contributed by atoms with E-state index in [1.165, 1.54) is 4.90 Å². The molecule has 128 valence electrons. The third-order valence-corrected chi connectivity index (χ3v) is 4.05. The molecule has 0 aromatic heterocycles. The first kappa shape index (κ1) is 16.3. The predicted molar refractivity (Wildman–Crippen MR) is 84.3 cm³/mol. The first-order valence-corrected chi connectivity index (χ1v) is 8.01. The van der Waals surface area contributed by atoms with Gasteiger partial charge in [-0.3, -0.25) is 19.8 Å². The Morgan fingerprint density at radius 1 is 1.21 bits per heavy atom. The molecular formula is C17H20N2O5. The molecular weight excluding hydrogens is 312 g/mol. The van der Waals surface area contributed by atoms with Gasteiger partial charge in [-0.05, 0) is 38.0 Å². The van der Waals surface area contributed by atoms with Gasteiger partial charge >= 0.3 is 6.09 Å². The summed E-state index contributed by atoms with van der Waals surface area (Å²) in [5.41, 5.74) is 0.842. The minimum absolute atomic E-state index is 0.0863. The van der Waals surface area contributed by atoms with Gasteiger partial charge in [-0.1, -0.05) is 12.1 Å². The average Bonchev–Trinajstić information content (AvgIpc) is 2.89. The summed E-state index contributed by atoms with van der Waals surface area (Å²) < 4.78 is 11.0. The van der Waals surface area contributed by atoms with Crippen LogP contribution in [0.4, 0.5) is 4.79 Å². The Morgan fingerprint density at radius 2 is 1.92 bits per heavy atom. The standard InChI is InChI=1S/C17H20N2O5/c1-10(2)23-12-5-3-11(4-6-12)14-9-19(17(22)24-14)13-7-8-15(20)18-16(13)21/h3-6,10,13-14H,7-9H2,1-2H3,(H,18,20,21)/t13?,14-/m1/s1. The van der Waals surface area contributed by atoms with E-state index in [1.807, 2.05) is 38.1 Å². The SMILES string of the molecule is CC(C)Oc1ccc([C@H]2CN(C3CCC(=O)NC3=O)C(=O)O2)cc1. The Balaban J connectivity index is 1.68. The molecule has 0 bridgehead atoms. The van der Waals surface area contributed by atoms with Gasteiger partial charge in [0, 0.05) is 6.42 Å². The molecule has 2 fully saturated rings. The quantitative estimate of drug-likeness (QED) is 0.850. The van der Waals surface area contributed by atoms with Gasteiger partial charge in [-0.2, -0.15) is 0 Å². The first-order valence-electron chi connectivity index (χ1n) is 8.01. The molecule has 2 aliphatic heterocycles. The second kappa shape index (κ2) is 6.51. The fraction of sp³-hybridized carbons (Fsp3) is 0.471. The molecule has 1 unspecified atom stereocenters. The zero-order valence-corrected chi connectivity index (χ0v) is 13.7. The number of amides is 3. The Hall–Kier alpha value is -2.57. The molecule has 0 spiro atoms. The molecule has 2 saturated heterocycles. The van der Waals surface area contributed by atoms with Crippen molar-refractivity contribution in [2.24, 2.45) is 0 Å². The van der Waals surface area contributed by atoms with E-state index in [0.717, 1.165) is 11.3 Å². The monoisotopic (exact) mass is 332 g/mol. The molecule has 3 amide bonds. The van der Waals surface area contributed by atoms with E-state index in [4.69, 9.17) is 9.47 Å². The van der Waals surface area contributed by atoms with E-state index in [1.54, 1.807) is 0 Å². The number of carbonyl (C=O) groups excluding carboxylic acids is 3. The molecule has 1 aromatic carbocycles. The number of hydrogen-bond acceptors (Lipinski definition) is 5. The number of benzene rings is 1. The zero-order valence-electron chi connectivity index (χ0n) is 13.7. The topological polar surface area (TPSA) is 84.9 Å². The zero-order chi connectivity index (χ0) is 17.3. The lowest BCUT2D eigenvalue weighted by Crippen LogP contribution is -2.52. The highest BCUT2D eigenvalue weighted by Gasteiger charge is 2.41. The van der Waals surface area contributed by atoms with Gasteiger partial charge < -0.3 is 9.47 Å². The summed E-state index contributed by atoms with van der Waals surface area (Å²) in [6.07, 6.45) is -0.323. The molecule has 0 aliphatic carbocycles. The van der Waals surface area contributed by atoms with E-state index < -0.39 is 24.1 Å². The van der Waals surface area contributed by atoms with Crippen molar-refractivity contribution in [3.63, 3.8) is 0 Å². The molecule has 2 atom stereocenters. The molecule has 0 radical (unpaired) electrons. The van der Waals surface area contributed by atoms with Crippen LogP contribution in [0.25, 0.3) is 0 Å². The van der Waals surface area contributed by atoms with E-state index >= 15 is 0 Å². The minimum atomic E-state index is -0.649. The van der Waals surface area contributed by atoms with Crippen molar-refractivity contribution in [2.45, 2.75) is 44.9 Å². The van der Waals surface area contributed by atoms with Crippen molar-refractivity contribution in [1.29, 1.82) is 0 Å². The lowest BCUT2D eigenvalue weighted by Gasteiger charge is -2.27. The van der Waals surface area contributed by atoms with Gasteiger partial charge in [0.25, 0.3) is 0 Å². The number of nitrogens with one attached hydrogen (secondary N) is 1. The van der Waals surface area contributed by atoms with Crippen LogP contribution in [-0.4, -0.2) is 41.5 Å². The Kier molecular flexibility index (Phi) is 4.42. The number of imide groups is 1. The lowest BCUT2D eigenvalue weighted by molar-refractivity contribution is -0.136. The third-order valence-electron chi connectivity index (χ3n) is 4.05. The van der Waals surface area contributed by atoms with Crippen LogP contribution >= 0.6 is 0 Å². The van der Waals surface area contributed by atoms with Crippen molar-refractivity contribution < 1.29 is 23.9 Å². The minimum Gasteiger partial charge on any atom is -0.491 e. The molecule has 2 aliphatic rings. The number of piperidine rings is 1. The van der Waals surface area contributed by atoms with Crippen molar-refractivity contribution in [3.8, 4) is 5.75 Å². The van der Waals surface area contributed by atoms with Crippen LogP contribution in [0.15, 0.2) is 24.3 Å². The average molecular weight is 332 g/mol. The highest BCUT2D eigenvalue weighted by Crippen LogP contribution is 2.30. The summed E-state index contributed by atoms with van der Waals surface area (Å²) in [7, 11) is 0. The summed E-state index contributed by atoms with van der Waals surface area (Å²) in [5, 5.41) is 2.26. The maximum Gasteiger partial charge on any atom is 0.411 e. The van der Waals surface area contributed by atoms with Gasteiger partial charge in [0.2, 0.25) is 11.8 Å².